The Hall–Kier alpha value is -1.90. The van der Waals surface area contributed by atoms with E-state index in [-0.39, 0.29) is 29.4 Å². The molecule has 1 saturated heterocycles. The standard InChI is InChI=1S/C28H42ClN3O4S/c1-3-4-5-6-7-8-9-10-11-12-27(34)36-22(2)20-30-15-17-31(18-16-30)26(33)21-32-24-19-23(29)13-14-25(24)37-28(32)35/h13-14,19,22H,3-12,15-18,20-21H2,1-2H3. The van der Waals surface area contributed by atoms with E-state index in [2.05, 4.69) is 11.8 Å². The van der Waals surface area contributed by atoms with Crippen molar-refractivity contribution in [2.45, 2.75) is 90.7 Å². The van der Waals surface area contributed by atoms with Crippen LogP contribution in [-0.2, 0) is 20.9 Å². The fraction of sp³-hybridized carbons (Fsp3) is 0.679. The van der Waals surface area contributed by atoms with Crippen molar-refractivity contribution in [2.24, 2.45) is 0 Å². The second kappa shape index (κ2) is 15.5. The number of amides is 1. The molecule has 3 rings (SSSR count). The summed E-state index contributed by atoms with van der Waals surface area (Å²) in [6.07, 6.45) is 11.4. The van der Waals surface area contributed by atoms with Crippen LogP contribution in [0.1, 0.15) is 78.1 Å². The summed E-state index contributed by atoms with van der Waals surface area (Å²) in [6.45, 7) is 7.48. The van der Waals surface area contributed by atoms with Crippen molar-refractivity contribution in [3.63, 3.8) is 0 Å². The number of aromatic nitrogens is 1. The second-order valence-corrected chi connectivity index (χ2v) is 11.6. The first-order chi connectivity index (χ1) is 17.9. The van der Waals surface area contributed by atoms with E-state index in [1.54, 1.807) is 17.0 Å². The zero-order chi connectivity index (χ0) is 26.6. The molecule has 0 saturated carbocycles. The van der Waals surface area contributed by atoms with Crippen LogP contribution in [-0.4, -0.2) is 65.1 Å². The maximum atomic E-state index is 12.9. The van der Waals surface area contributed by atoms with Crippen LogP contribution in [0.5, 0.6) is 0 Å². The van der Waals surface area contributed by atoms with Crippen molar-refractivity contribution in [3.05, 3.63) is 32.9 Å². The number of nitrogens with zero attached hydrogens (tertiary/aromatic N) is 3. The average Bonchev–Trinajstić information content (AvgIpc) is 3.17. The minimum Gasteiger partial charge on any atom is -0.461 e. The van der Waals surface area contributed by atoms with Gasteiger partial charge in [-0.1, -0.05) is 81.2 Å². The largest absolute Gasteiger partial charge is 0.461 e. The molecule has 206 valence electrons. The summed E-state index contributed by atoms with van der Waals surface area (Å²) in [5.74, 6) is -0.181. The average molecular weight is 552 g/mol. The van der Waals surface area contributed by atoms with Gasteiger partial charge < -0.3 is 9.64 Å². The number of esters is 1. The lowest BCUT2D eigenvalue weighted by Gasteiger charge is -2.35. The molecular formula is C28H42ClN3O4S. The number of benzene rings is 1. The summed E-state index contributed by atoms with van der Waals surface area (Å²) in [7, 11) is 0. The number of hydrogen-bond acceptors (Lipinski definition) is 6. The Bertz CT molecular complexity index is 1060. The highest BCUT2D eigenvalue weighted by atomic mass is 35.5. The molecule has 9 heteroatoms. The van der Waals surface area contributed by atoms with Crippen LogP contribution in [0.25, 0.3) is 10.2 Å². The normalized spacial score (nSPS) is 15.3. The predicted molar refractivity (Wildman–Crippen MR) is 152 cm³/mol. The first kappa shape index (κ1) is 29.7. The number of thiazole rings is 1. The van der Waals surface area contributed by atoms with Gasteiger partial charge in [-0.05, 0) is 31.5 Å². The third-order valence-corrected chi connectivity index (χ3v) is 8.18. The van der Waals surface area contributed by atoms with Crippen LogP contribution in [0.2, 0.25) is 5.02 Å². The number of carbonyl (C=O) groups is 2. The molecule has 0 spiro atoms. The molecule has 1 aromatic heterocycles. The summed E-state index contributed by atoms with van der Waals surface area (Å²) in [4.78, 5) is 41.4. The molecular weight excluding hydrogens is 510 g/mol. The van der Waals surface area contributed by atoms with Gasteiger partial charge in [0, 0.05) is 44.2 Å². The van der Waals surface area contributed by atoms with E-state index in [1.807, 2.05) is 13.0 Å². The predicted octanol–water partition coefficient (Wildman–Crippen LogP) is 5.71. The first-order valence-corrected chi connectivity index (χ1v) is 15.0. The van der Waals surface area contributed by atoms with Gasteiger partial charge in [0.15, 0.2) is 0 Å². The van der Waals surface area contributed by atoms with Crippen molar-refractivity contribution < 1.29 is 14.3 Å². The van der Waals surface area contributed by atoms with E-state index in [9.17, 15) is 14.4 Å². The monoisotopic (exact) mass is 551 g/mol. The van der Waals surface area contributed by atoms with Crippen LogP contribution in [0.3, 0.4) is 0 Å². The SMILES string of the molecule is CCCCCCCCCCCC(=O)OC(C)CN1CCN(C(=O)Cn2c(=O)sc3ccc(Cl)cc32)CC1. The van der Waals surface area contributed by atoms with E-state index in [0.29, 0.717) is 36.6 Å². The Labute approximate surface area is 229 Å². The molecule has 1 aromatic carbocycles. The highest BCUT2D eigenvalue weighted by Crippen LogP contribution is 2.22. The summed E-state index contributed by atoms with van der Waals surface area (Å²) in [5.41, 5.74) is 0.701. The summed E-state index contributed by atoms with van der Waals surface area (Å²) in [6, 6.07) is 5.30. The number of carbonyl (C=O) groups excluding carboxylic acids is 2. The molecule has 1 aliphatic rings. The van der Waals surface area contributed by atoms with Crippen LogP contribution < -0.4 is 4.87 Å². The number of hydrogen-bond donors (Lipinski definition) is 0. The Morgan fingerprint density at radius 3 is 2.32 bits per heavy atom. The molecule has 1 fully saturated rings. The summed E-state index contributed by atoms with van der Waals surface area (Å²) in [5, 5.41) is 0.545. The maximum absolute atomic E-state index is 12.9. The van der Waals surface area contributed by atoms with Crippen LogP contribution in [0.4, 0.5) is 0 Å². The zero-order valence-electron chi connectivity index (χ0n) is 22.4. The first-order valence-electron chi connectivity index (χ1n) is 13.9. The van der Waals surface area contributed by atoms with Crippen molar-refractivity contribution in [1.82, 2.24) is 14.4 Å². The number of ether oxygens (including phenoxy) is 1. The van der Waals surface area contributed by atoms with Gasteiger partial charge in [0.05, 0.1) is 10.2 Å². The number of unbranched alkanes of at least 4 members (excludes halogenated alkanes) is 8. The molecule has 2 heterocycles. The van der Waals surface area contributed by atoms with Gasteiger partial charge in [-0.2, -0.15) is 0 Å². The van der Waals surface area contributed by atoms with E-state index in [0.717, 1.165) is 42.0 Å². The van der Waals surface area contributed by atoms with Gasteiger partial charge in [0.1, 0.15) is 12.6 Å². The van der Waals surface area contributed by atoms with Gasteiger partial charge in [0.2, 0.25) is 5.91 Å². The third-order valence-electron chi connectivity index (χ3n) is 6.98. The van der Waals surface area contributed by atoms with Crippen molar-refractivity contribution >= 4 is 45.0 Å². The maximum Gasteiger partial charge on any atom is 0.308 e. The quantitative estimate of drug-likeness (QED) is 0.209. The molecule has 0 bridgehead atoms. The van der Waals surface area contributed by atoms with E-state index in [1.165, 1.54) is 49.5 Å². The van der Waals surface area contributed by atoms with Gasteiger partial charge in [0.25, 0.3) is 0 Å². The molecule has 1 atom stereocenters. The topological polar surface area (TPSA) is 71.8 Å². The molecule has 2 aromatic rings. The molecule has 1 aliphatic heterocycles. The smallest absolute Gasteiger partial charge is 0.308 e. The number of halogens is 1. The molecule has 1 unspecified atom stereocenters. The summed E-state index contributed by atoms with van der Waals surface area (Å²) < 4.78 is 7.96. The Balaban J connectivity index is 1.30. The minimum atomic E-state index is -0.172. The van der Waals surface area contributed by atoms with Crippen molar-refractivity contribution in [3.8, 4) is 0 Å². The van der Waals surface area contributed by atoms with Gasteiger partial charge in [-0.3, -0.25) is 23.9 Å². The third kappa shape index (κ3) is 9.73. The Kier molecular flexibility index (Phi) is 12.4. The van der Waals surface area contributed by atoms with Crippen LogP contribution >= 0.6 is 22.9 Å². The Morgan fingerprint density at radius 1 is 1.00 bits per heavy atom. The lowest BCUT2D eigenvalue weighted by Crippen LogP contribution is -2.51. The molecule has 0 N–H and O–H groups in total. The zero-order valence-corrected chi connectivity index (χ0v) is 24.0. The van der Waals surface area contributed by atoms with Crippen molar-refractivity contribution in [1.29, 1.82) is 0 Å². The number of piperazine rings is 1. The molecule has 7 nitrogen and oxygen atoms in total. The number of rotatable bonds is 15. The lowest BCUT2D eigenvalue weighted by molar-refractivity contribution is -0.149. The van der Waals surface area contributed by atoms with Crippen LogP contribution in [0.15, 0.2) is 23.0 Å². The van der Waals surface area contributed by atoms with E-state index < -0.39 is 0 Å². The molecule has 0 aliphatic carbocycles. The van der Waals surface area contributed by atoms with E-state index >= 15 is 0 Å². The molecule has 1 amide bonds. The van der Waals surface area contributed by atoms with E-state index in [4.69, 9.17) is 16.3 Å². The molecule has 0 radical (unpaired) electrons. The van der Waals surface area contributed by atoms with Crippen molar-refractivity contribution in [2.75, 3.05) is 32.7 Å². The minimum absolute atomic E-state index is 0.0199. The van der Waals surface area contributed by atoms with Gasteiger partial charge in [-0.25, -0.2) is 0 Å². The highest BCUT2D eigenvalue weighted by Gasteiger charge is 2.24. The summed E-state index contributed by atoms with van der Waals surface area (Å²) >= 11 is 7.22. The van der Waals surface area contributed by atoms with Crippen LogP contribution in [0, 0.1) is 0 Å². The van der Waals surface area contributed by atoms with Gasteiger partial charge >= 0.3 is 10.8 Å². The fourth-order valence-corrected chi connectivity index (χ4v) is 5.90. The highest BCUT2D eigenvalue weighted by molar-refractivity contribution is 7.16. The fourth-order valence-electron chi connectivity index (χ4n) is 4.86. The Morgan fingerprint density at radius 2 is 1.65 bits per heavy atom. The molecule has 37 heavy (non-hydrogen) atoms. The van der Waals surface area contributed by atoms with Gasteiger partial charge in [-0.15, -0.1) is 0 Å². The number of fused-ring (bicyclic) bond motifs is 1. The second-order valence-electron chi connectivity index (χ2n) is 10.1. The lowest BCUT2D eigenvalue weighted by atomic mass is 10.1.